The van der Waals surface area contributed by atoms with Crippen LogP contribution < -0.4 is 5.32 Å². The van der Waals surface area contributed by atoms with Crippen molar-refractivity contribution in [3.05, 3.63) is 30.2 Å². The maximum atomic E-state index is 5.25. The quantitative estimate of drug-likeness (QED) is 0.931. The minimum atomic E-state index is 0.572. The van der Waals surface area contributed by atoms with Crippen molar-refractivity contribution in [2.24, 2.45) is 0 Å². The van der Waals surface area contributed by atoms with Crippen molar-refractivity contribution in [3.8, 4) is 11.5 Å². The number of hydrogen-bond acceptors (Lipinski definition) is 5. The molecular weight excluding hydrogens is 258 g/mol. The molecule has 1 aliphatic heterocycles. The summed E-state index contributed by atoms with van der Waals surface area (Å²) in [5.41, 5.74) is 3.39. The van der Waals surface area contributed by atoms with E-state index < -0.39 is 0 Å². The molecule has 0 radical (unpaired) electrons. The van der Waals surface area contributed by atoms with Crippen molar-refractivity contribution in [3.63, 3.8) is 0 Å². The van der Waals surface area contributed by atoms with Crippen LogP contribution in [0.15, 0.2) is 29.0 Å². The first-order valence-corrected chi connectivity index (χ1v) is 7.70. The molecule has 3 rings (SSSR count). The molecule has 100 valence electrons. The fourth-order valence-corrected chi connectivity index (χ4v) is 3.38. The van der Waals surface area contributed by atoms with Crippen LogP contribution in [0.1, 0.15) is 18.4 Å². The second-order valence-corrected chi connectivity index (χ2v) is 6.03. The lowest BCUT2D eigenvalue weighted by atomic mass is 10.1. The van der Waals surface area contributed by atoms with Crippen LogP contribution in [0, 0.1) is 6.92 Å². The highest BCUT2D eigenvalue weighted by atomic mass is 32.2. The predicted octanol–water partition coefficient (Wildman–Crippen LogP) is 3.35. The molecule has 0 aliphatic carbocycles. The van der Waals surface area contributed by atoms with Crippen molar-refractivity contribution >= 4 is 17.4 Å². The van der Waals surface area contributed by atoms with Crippen LogP contribution in [-0.2, 0) is 0 Å². The van der Waals surface area contributed by atoms with Crippen LogP contribution in [-0.4, -0.2) is 27.7 Å². The maximum Gasteiger partial charge on any atom is 0.247 e. The van der Waals surface area contributed by atoms with Gasteiger partial charge in [0.25, 0.3) is 0 Å². The van der Waals surface area contributed by atoms with E-state index in [2.05, 4.69) is 34.6 Å². The number of nitrogens with zero attached hydrogens (tertiary/aromatic N) is 2. The molecule has 0 spiro atoms. The molecule has 0 bridgehead atoms. The van der Waals surface area contributed by atoms with E-state index >= 15 is 0 Å². The summed E-state index contributed by atoms with van der Waals surface area (Å²) in [6.45, 7) is 2.12. The Morgan fingerprint density at radius 2 is 2.16 bits per heavy atom. The van der Waals surface area contributed by atoms with E-state index in [0.717, 1.165) is 5.56 Å². The van der Waals surface area contributed by atoms with Crippen molar-refractivity contribution in [2.45, 2.75) is 25.8 Å². The van der Waals surface area contributed by atoms with E-state index in [0.29, 0.717) is 11.9 Å². The Hall–Kier alpha value is -1.49. The summed E-state index contributed by atoms with van der Waals surface area (Å²) in [4.78, 5) is 0. The van der Waals surface area contributed by atoms with Gasteiger partial charge >= 0.3 is 0 Å². The first-order valence-electron chi connectivity index (χ1n) is 6.54. The normalized spacial score (nSPS) is 16.5. The van der Waals surface area contributed by atoms with Crippen molar-refractivity contribution in [1.82, 2.24) is 10.2 Å². The van der Waals surface area contributed by atoms with Crippen molar-refractivity contribution in [2.75, 3.05) is 16.8 Å². The van der Waals surface area contributed by atoms with Crippen LogP contribution in [0.25, 0.3) is 11.5 Å². The molecule has 1 N–H and O–H groups in total. The lowest BCUT2D eigenvalue weighted by molar-refractivity contribution is 0.568. The molecule has 4 nitrogen and oxygen atoms in total. The second kappa shape index (κ2) is 5.65. The molecule has 0 amide bonds. The highest BCUT2D eigenvalue weighted by Gasteiger charge is 2.15. The zero-order valence-electron chi connectivity index (χ0n) is 10.9. The molecule has 1 saturated heterocycles. The molecule has 2 heterocycles. The summed E-state index contributed by atoms with van der Waals surface area (Å²) in [6, 6.07) is 6.80. The largest absolute Gasteiger partial charge is 0.423 e. The monoisotopic (exact) mass is 275 g/mol. The molecule has 1 aromatic carbocycles. The third-order valence-corrected chi connectivity index (χ3v) is 4.47. The molecule has 1 aliphatic rings. The third-order valence-electron chi connectivity index (χ3n) is 3.43. The van der Waals surface area contributed by atoms with Crippen LogP contribution in [0.2, 0.25) is 0 Å². The first-order chi connectivity index (χ1) is 9.33. The molecule has 0 unspecified atom stereocenters. The van der Waals surface area contributed by atoms with Gasteiger partial charge in [0.2, 0.25) is 12.3 Å². The topological polar surface area (TPSA) is 51.0 Å². The van der Waals surface area contributed by atoms with E-state index in [9.17, 15) is 0 Å². The SMILES string of the molecule is Cc1ccc(-c2nnco2)cc1NC1CCSCC1. The average Bonchev–Trinajstić information content (AvgIpc) is 2.96. The van der Waals surface area contributed by atoms with Gasteiger partial charge in [0, 0.05) is 17.3 Å². The maximum absolute atomic E-state index is 5.25. The van der Waals surface area contributed by atoms with Gasteiger partial charge in [-0.15, -0.1) is 10.2 Å². The van der Waals surface area contributed by atoms with E-state index in [1.54, 1.807) is 0 Å². The molecule has 1 fully saturated rings. The third kappa shape index (κ3) is 2.92. The van der Waals surface area contributed by atoms with Gasteiger partial charge in [-0.25, -0.2) is 0 Å². The Kier molecular flexibility index (Phi) is 3.73. The fourth-order valence-electron chi connectivity index (χ4n) is 2.27. The number of aromatic nitrogens is 2. The van der Waals surface area contributed by atoms with Crippen LogP contribution in [0.5, 0.6) is 0 Å². The van der Waals surface area contributed by atoms with Crippen LogP contribution in [0.3, 0.4) is 0 Å². The summed E-state index contributed by atoms with van der Waals surface area (Å²) in [6.07, 6.45) is 3.82. The Balaban J connectivity index is 1.81. The highest BCUT2D eigenvalue weighted by molar-refractivity contribution is 7.99. The van der Waals surface area contributed by atoms with Gasteiger partial charge in [0.05, 0.1) is 0 Å². The van der Waals surface area contributed by atoms with Gasteiger partial charge < -0.3 is 9.73 Å². The number of rotatable bonds is 3. The number of benzene rings is 1. The Labute approximate surface area is 117 Å². The summed E-state index contributed by atoms with van der Waals surface area (Å²) in [5.74, 6) is 3.07. The minimum absolute atomic E-state index is 0.572. The minimum Gasteiger partial charge on any atom is -0.423 e. The van der Waals surface area contributed by atoms with Gasteiger partial charge in [-0.1, -0.05) is 6.07 Å². The summed E-state index contributed by atoms with van der Waals surface area (Å²) in [5, 5.41) is 11.3. The molecule has 0 saturated carbocycles. The van der Waals surface area contributed by atoms with E-state index in [1.807, 2.05) is 17.8 Å². The Morgan fingerprint density at radius 3 is 2.89 bits per heavy atom. The Bertz CT molecular complexity index is 536. The number of nitrogens with one attached hydrogen (secondary N) is 1. The van der Waals surface area contributed by atoms with Crippen LogP contribution in [0.4, 0.5) is 5.69 Å². The summed E-state index contributed by atoms with van der Waals surface area (Å²) in [7, 11) is 0. The lowest BCUT2D eigenvalue weighted by Crippen LogP contribution is -2.24. The smallest absolute Gasteiger partial charge is 0.247 e. The van der Waals surface area contributed by atoms with Crippen molar-refractivity contribution in [1.29, 1.82) is 0 Å². The first kappa shape index (κ1) is 12.5. The molecule has 5 heteroatoms. The summed E-state index contributed by atoms with van der Waals surface area (Å²) >= 11 is 2.04. The molecule has 0 atom stereocenters. The zero-order valence-corrected chi connectivity index (χ0v) is 11.7. The number of anilines is 1. The van der Waals surface area contributed by atoms with Gasteiger partial charge in [0.15, 0.2) is 0 Å². The number of aryl methyl sites for hydroxylation is 1. The van der Waals surface area contributed by atoms with Gasteiger partial charge in [0.1, 0.15) is 0 Å². The number of thioether (sulfide) groups is 1. The van der Waals surface area contributed by atoms with Gasteiger partial charge in [-0.05, 0) is 49.0 Å². The summed E-state index contributed by atoms with van der Waals surface area (Å²) < 4.78 is 5.25. The van der Waals surface area contributed by atoms with Gasteiger partial charge in [-0.2, -0.15) is 11.8 Å². The highest BCUT2D eigenvalue weighted by Crippen LogP contribution is 2.27. The molecule has 1 aromatic heterocycles. The standard InChI is InChI=1S/C14H17N3OS/c1-10-2-3-11(14-17-15-9-18-14)8-13(10)16-12-4-6-19-7-5-12/h2-3,8-9,12,16H,4-7H2,1H3. The molecule has 2 aromatic rings. The number of hydrogen-bond donors (Lipinski definition) is 1. The van der Waals surface area contributed by atoms with Crippen LogP contribution >= 0.6 is 11.8 Å². The Morgan fingerprint density at radius 1 is 1.32 bits per heavy atom. The average molecular weight is 275 g/mol. The predicted molar refractivity (Wildman–Crippen MR) is 78.4 cm³/mol. The van der Waals surface area contributed by atoms with E-state index in [1.165, 1.54) is 42.0 Å². The second-order valence-electron chi connectivity index (χ2n) is 4.80. The lowest BCUT2D eigenvalue weighted by Gasteiger charge is -2.24. The van der Waals surface area contributed by atoms with E-state index in [4.69, 9.17) is 4.42 Å². The zero-order chi connectivity index (χ0) is 13.1. The molecular formula is C14H17N3OS. The molecule has 19 heavy (non-hydrogen) atoms. The van der Waals surface area contributed by atoms with E-state index in [-0.39, 0.29) is 0 Å². The van der Waals surface area contributed by atoms with Crippen molar-refractivity contribution < 1.29 is 4.42 Å². The fraction of sp³-hybridized carbons (Fsp3) is 0.429. The van der Waals surface area contributed by atoms with Gasteiger partial charge in [-0.3, -0.25) is 0 Å².